The Kier molecular flexibility index (Phi) is 3.16. The second kappa shape index (κ2) is 3.95. The molecule has 0 aromatic heterocycles. The van der Waals surface area contributed by atoms with Gasteiger partial charge in [0.25, 0.3) is 0 Å². The van der Waals surface area contributed by atoms with Crippen LogP contribution in [-0.2, 0) is 12.6 Å². The summed E-state index contributed by atoms with van der Waals surface area (Å²) in [5.41, 5.74) is -2.17. The molecule has 90 valence electrons. The van der Waals surface area contributed by atoms with Crippen LogP contribution >= 0.6 is 0 Å². The largest absolute Gasteiger partial charge is 0.416 e. The Hall–Kier alpha value is -1.27. The number of alkyl halides is 6. The van der Waals surface area contributed by atoms with Crippen LogP contribution < -0.4 is 0 Å². The predicted molar refractivity (Wildman–Crippen MR) is 41.2 cm³/mol. The Morgan fingerprint density at radius 3 is 1.88 bits per heavy atom. The maximum absolute atomic E-state index is 12.7. The van der Waals surface area contributed by atoms with Gasteiger partial charge in [0.15, 0.2) is 0 Å². The van der Waals surface area contributed by atoms with Crippen molar-refractivity contribution in [2.75, 3.05) is 0 Å². The summed E-state index contributed by atoms with van der Waals surface area (Å²) in [6.45, 7) is 0. The lowest BCUT2D eigenvalue weighted by atomic mass is 10.1. The SMILES string of the molecule is Fc1cc(CC(F)(F)F)cc(C(F)(F)F)c1. The zero-order valence-electron chi connectivity index (χ0n) is 7.58. The molecule has 16 heavy (non-hydrogen) atoms. The molecule has 0 saturated carbocycles. The van der Waals surface area contributed by atoms with Crippen molar-refractivity contribution in [3.8, 4) is 0 Å². The first-order valence-corrected chi connectivity index (χ1v) is 4.01. The standard InChI is InChI=1S/C9H5F7/c10-7-2-5(4-8(11,12)13)1-6(3-7)9(14,15)16/h1-3H,4H2. The summed E-state index contributed by atoms with van der Waals surface area (Å²) < 4.78 is 84.8. The highest BCUT2D eigenvalue weighted by Gasteiger charge is 2.33. The Morgan fingerprint density at radius 2 is 1.44 bits per heavy atom. The smallest absolute Gasteiger partial charge is 0.207 e. The average molecular weight is 246 g/mol. The first kappa shape index (κ1) is 12.8. The van der Waals surface area contributed by atoms with Gasteiger partial charge in [-0.2, -0.15) is 26.3 Å². The second-order valence-electron chi connectivity index (χ2n) is 3.14. The minimum Gasteiger partial charge on any atom is -0.207 e. The number of rotatable bonds is 1. The van der Waals surface area contributed by atoms with Gasteiger partial charge in [0.05, 0.1) is 12.0 Å². The number of hydrogen-bond acceptors (Lipinski definition) is 0. The van der Waals surface area contributed by atoms with E-state index >= 15 is 0 Å². The third kappa shape index (κ3) is 3.71. The van der Waals surface area contributed by atoms with Gasteiger partial charge in [-0.25, -0.2) is 4.39 Å². The lowest BCUT2D eigenvalue weighted by Crippen LogP contribution is -2.13. The van der Waals surface area contributed by atoms with Crippen LogP contribution in [0.3, 0.4) is 0 Å². The molecule has 0 N–H and O–H groups in total. The van der Waals surface area contributed by atoms with Crippen LogP contribution in [0.1, 0.15) is 11.1 Å². The van der Waals surface area contributed by atoms with Crippen molar-refractivity contribution in [3.05, 3.63) is 35.1 Å². The van der Waals surface area contributed by atoms with Gasteiger partial charge in [0, 0.05) is 0 Å². The van der Waals surface area contributed by atoms with Gasteiger partial charge in [0.1, 0.15) is 5.82 Å². The lowest BCUT2D eigenvalue weighted by molar-refractivity contribution is -0.138. The van der Waals surface area contributed by atoms with E-state index in [-0.39, 0.29) is 12.1 Å². The highest BCUT2D eigenvalue weighted by atomic mass is 19.4. The molecule has 7 heteroatoms. The van der Waals surface area contributed by atoms with E-state index in [0.717, 1.165) is 0 Å². The molecule has 0 aliphatic rings. The first-order valence-electron chi connectivity index (χ1n) is 4.01. The maximum Gasteiger partial charge on any atom is 0.416 e. The molecule has 0 aliphatic carbocycles. The molecule has 0 fully saturated rings. The summed E-state index contributed by atoms with van der Waals surface area (Å²) in [5.74, 6) is -1.34. The lowest BCUT2D eigenvalue weighted by Gasteiger charge is -2.10. The van der Waals surface area contributed by atoms with Gasteiger partial charge < -0.3 is 0 Å². The molecule has 0 saturated heterocycles. The Morgan fingerprint density at radius 1 is 0.875 bits per heavy atom. The van der Waals surface area contributed by atoms with E-state index in [2.05, 4.69) is 0 Å². The van der Waals surface area contributed by atoms with Gasteiger partial charge in [-0.3, -0.25) is 0 Å². The van der Waals surface area contributed by atoms with Crippen LogP contribution in [0.15, 0.2) is 18.2 Å². The first-order chi connectivity index (χ1) is 7.08. The second-order valence-corrected chi connectivity index (χ2v) is 3.14. The van der Waals surface area contributed by atoms with E-state index in [1.807, 2.05) is 0 Å². The van der Waals surface area contributed by atoms with Crippen molar-refractivity contribution in [2.45, 2.75) is 18.8 Å². The van der Waals surface area contributed by atoms with E-state index in [1.54, 1.807) is 0 Å². The summed E-state index contributed by atoms with van der Waals surface area (Å²) >= 11 is 0. The highest BCUT2D eigenvalue weighted by Crippen LogP contribution is 2.31. The van der Waals surface area contributed by atoms with Crippen molar-refractivity contribution in [3.63, 3.8) is 0 Å². The molecule has 0 spiro atoms. The minimum absolute atomic E-state index is 0.153. The maximum atomic E-state index is 12.7. The van der Waals surface area contributed by atoms with Crippen LogP contribution in [0.5, 0.6) is 0 Å². The topological polar surface area (TPSA) is 0 Å². The molecule has 1 aromatic rings. The van der Waals surface area contributed by atoms with Crippen LogP contribution in [-0.4, -0.2) is 6.18 Å². The highest BCUT2D eigenvalue weighted by molar-refractivity contribution is 5.27. The van der Waals surface area contributed by atoms with Crippen LogP contribution in [0.4, 0.5) is 30.7 Å². The van der Waals surface area contributed by atoms with Gasteiger partial charge in [-0.1, -0.05) is 0 Å². The van der Waals surface area contributed by atoms with E-state index in [0.29, 0.717) is 6.07 Å². The van der Waals surface area contributed by atoms with Crippen molar-refractivity contribution in [2.24, 2.45) is 0 Å². The molecule has 0 amide bonds. The molecule has 1 rings (SSSR count). The van der Waals surface area contributed by atoms with Crippen molar-refractivity contribution in [1.29, 1.82) is 0 Å². The summed E-state index contributed by atoms with van der Waals surface area (Å²) in [6.07, 6.45) is -11.1. The molecular weight excluding hydrogens is 241 g/mol. The zero-order chi connectivity index (χ0) is 12.6. The molecular formula is C9H5F7. The Labute approximate surface area is 85.7 Å². The Bertz CT molecular complexity index is 374. The monoisotopic (exact) mass is 246 g/mol. The van der Waals surface area contributed by atoms with Crippen molar-refractivity contribution >= 4 is 0 Å². The summed E-state index contributed by atoms with van der Waals surface area (Å²) in [6, 6.07) is 0.874. The fourth-order valence-corrected chi connectivity index (χ4v) is 1.15. The van der Waals surface area contributed by atoms with Gasteiger partial charge in [-0.05, 0) is 23.8 Å². The number of hydrogen-bond donors (Lipinski definition) is 0. The van der Waals surface area contributed by atoms with Crippen LogP contribution in [0.2, 0.25) is 0 Å². The van der Waals surface area contributed by atoms with Gasteiger partial charge in [-0.15, -0.1) is 0 Å². The zero-order valence-corrected chi connectivity index (χ0v) is 7.58. The van der Waals surface area contributed by atoms with Crippen LogP contribution in [0, 0.1) is 5.82 Å². The van der Waals surface area contributed by atoms with E-state index in [4.69, 9.17) is 0 Å². The third-order valence-electron chi connectivity index (χ3n) is 1.69. The summed E-state index contributed by atoms with van der Waals surface area (Å²) in [5, 5.41) is 0. The van der Waals surface area contributed by atoms with Crippen LogP contribution in [0.25, 0.3) is 0 Å². The average Bonchev–Trinajstić information content (AvgIpc) is 1.97. The number of benzene rings is 1. The third-order valence-corrected chi connectivity index (χ3v) is 1.69. The Balaban J connectivity index is 3.09. The van der Waals surface area contributed by atoms with Crippen molar-refractivity contribution in [1.82, 2.24) is 0 Å². The normalized spacial score (nSPS) is 12.9. The fraction of sp³-hybridized carbons (Fsp3) is 0.333. The molecule has 0 unspecified atom stereocenters. The predicted octanol–water partition coefficient (Wildman–Crippen LogP) is 3.95. The summed E-state index contributed by atoms with van der Waals surface area (Å²) in [4.78, 5) is 0. The number of halogens is 7. The van der Waals surface area contributed by atoms with Crippen molar-refractivity contribution < 1.29 is 30.7 Å². The minimum atomic E-state index is -4.86. The summed E-state index contributed by atoms with van der Waals surface area (Å²) in [7, 11) is 0. The molecule has 0 aliphatic heterocycles. The molecule has 0 nitrogen and oxygen atoms in total. The molecule has 0 bridgehead atoms. The van der Waals surface area contributed by atoms with E-state index in [9.17, 15) is 30.7 Å². The molecule has 0 atom stereocenters. The fourth-order valence-electron chi connectivity index (χ4n) is 1.15. The molecule has 0 radical (unpaired) electrons. The molecule has 0 heterocycles. The van der Waals surface area contributed by atoms with Gasteiger partial charge in [0.2, 0.25) is 0 Å². The van der Waals surface area contributed by atoms with Gasteiger partial charge >= 0.3 is 12.4 Å². The van der Waals surface area contributed by atoms with E-state index in [1.165, 1.54) is 0 Å². The quantitative estimate of drug-likeness (QED) is 0.658. The molecule has 1 aromatic carbocycles. The van der Waals surface area contributed by atoms with E-state index < -0.39 is 35.7 Å².